The first-order valence-electron chi connectivity index (χ1n) is 9.90. The van der Waals surface area contributed by atoms with Gasteiger partial charge < -0.3 is 14.4 Å². The van der Waals surface area contributed by atoms with Crippen molar-refractivity contribution in [3.8, 4) is 11.8 Å². The predicted octanol–water partition coefficient (Wildman–Crippen LogP) is 4.58. The maximum atomic E-state index is 12.4. The SMILES string of the molecule is CCCC1CN(C(=O)OC(C)(C)C)CCC1Oc1c(C)ccc([N+](=O)[O-])c1C#N. The molecule has 2 atom stereocenters. The van der Waals surface area contributed by atoms with Crippen LogP contribution in [0.15, 0.2) is 12.1 Å². The first kappa shape index (κ1) is 22.5. The van der Waals surface area contributed by atoms with E-state index in [1.54, 1.807) is 17.9 Å². The number of ether oxygens (including phenoxy) is 2. The highest BCUT2D eigenvalue weighted by Crippen LogP contribution is 2.35. The van der Waals surface area contributed by atoms with Crippen molar-refractivity contribution in [1.29, 1.82) is 5.26 Å². The zero-order valence-electron chi connectivity index (χ0n) is 17.7. The Hall–Kier alpha value is -2.82. The Morgan fingerprint density at radius 3 is 2.66 bits per heavy atom. The highest BCUT2D eigenvalue weighted by atomic mass is 16.6. The maximum absolute atomic E-state index is 12.4. The van der Waals surface area contributed by atoms with Gasteiger partial charge in [-0.3, -0.25) is 10.1 Å². The average Bonchev–Trinajstić information content (AvgIpc) is 2.62. The lowest BCUT2D eigenvalue weighted by molar-refractivity contribution is -0.385. The van der Waals surface area contributed by atoms with Crippen molar-refractivity contribution >= 4 is 11.8 Å². The molecule has 2 unspecified atom stereocenters. The Morgan fingerprint density at radius 1 is 1.41 bits per heavy atom. The standard InChI is InChI=1S/C21H29N3O5/c1-6-7-15-13-23(20(25)29-21(3,4)5)11-10-18(15)28-19-14(2)8-9-17(24(26)27)16(19)12-22/h8-9,15,18H,6-7,10-11,13H2,1-5H3. The molecule has 0 radical (unpaired) electrons. The molecule has 0 saturated carbocycles. The van der Waals surface area contributed by atoms with E-state index in [1.165, 1.54) is 6.07 Å². The molecule has 1 aromatic rings. The summed E-state index contributed by atoms with van der Waals surface area (Å²) in [5, 5.41) is 20.8. The Kier molecular flexibility index (Phi) is 7.07. The second-order valence-electron chi connectivity index (χ2n) is 8.39. The van der Waals surface area contributed by atoms with E-state index in [4.69, 9.17) is 9.47 Å². The lowest BCUT2D eigenvalue weighted by atomic mass is 9.90. The van der Waals surface area contributed by atoms with Crippen molar-refractivity contribution in [2.45, 2.75) is 65.6 Å². The summed E-state index contributed by atoms with van der Waals surface area (Å²) < 4.78 is 11.7. The molecule has 29 heavy (non-hydrogen) atoms. The normalized spacial score (nSPS) is 19.4. The van der Waals surface area contributed by atoms with Gasteiger partial charge in [0.25, 0.3) is 5.69 Å². The average molecular weight is 403 g/mol. The molecule has 1 aliphatic rings. The first-order valence-corrected chi connectivity index (χ1v) is 9.90. The van der Waals surface area contributed by atoms with Gasteiger partial charge >= 0.3 is 6.09 Å². The molecule has 1 fully saturated rings. The van der Waals surface area contributed by atoms with Crippen molar-refractivity contribution < 1.29 is 19.2 Å². The first-order chi connectivity index (χ1) is 13.6. The van der Waals surface area contributed by atoms with Crippen molar-refractivity contribution in [3.63, 3.8) is 0 Å². The van der Waals surface area contributed by atoms with Crippen LogP contribution in [0.25, 0.3) is 0 Å². The van der Waals surface area contributed by atoms with E-state index in [0.717, 1.165) is 12.8 Å². The molecule has 8 nitrogen and oxygen atoms in total. The number of amides is 1. The van der Waals surface area contributed by atoms with Crippen LogP contribution in [0, 0.1) is 34.3 Å². The summed E-state index contributed by atoms with van der Waals surface area (Å²) in [6.07, 6.45) is 1.73. The van der Waals surface area contributed by atoms with E-state index in [1.807, 2.05) is 26.8 Å². The van der Waals surface area contributed by atoms with Crippen LogP contribution in [0.4, 0.5) is 10.5 Å². The number of nitro groups is 1. The van der Waals surface area contributed by atoms with Gasteiger partial charge in [0.05, 0.1) is 4.92 Å². The zero-order chi connectivity index (χ0) is 21.8. The lowest BCUT2D eigenvalue weighted by Gasteiger charge is -2.39. The van der Waals surface area contributed by atoms with E-state index >= 15 is 0 Å². The van der Waals surface area contributed by atoms with Gasteiger partial charge in [-0.1, -0.05) is 13.3 Å². The molecular formula is C21H29N3O5. The second-order valence-corrected chi connectivity index (χ2v) is 8.39. The molecule has 8 heteroatoms. The number of carbonyl (C=O) groups is 1. The molecule has 0 spiro atoms. The summed E-state index contributed by atoms with van der Waals surface area (Å²) in [5.41, 5.74) is -0.199. The number of hydrogen-bond acceptors (Lipinski definition) is 6. The summed E-state index contributed by atoms with van der Waals surface area (Å²) in [6.45, 7) is 10.3. The summed E-state index contributed by atoms with van der Waals surface area (Å²) in [7, 11) is 0. The molecule has 0 bridgehead atoms. The molecule has 1 heterocycles. The van der Waals surface area contributed by atoms with Crippen molar-refractivity contribution in [3.05, 3.63) is 33.4 Å². The van der Waals surface area contributed by atoms with E-state index in [0.29, 0.717) is 25.1 Å². The van der Waals surface area contributed by atoms with Gasteiger partial charge in [0.2, 0.25) is 0 Å². The van der Waals surface area contributed by atoms with Crippen LogP contribution in [-0.4, -0.2) is 40.7 Å². The van der Waals surface area contributed by atoms with Crippen LogP contribution in [0.2, 0.25) is 0 Å². The third kappa shape index (κ3) is 5.59. The highest BCUT2D eigenvalue weighted by Gasteiger charge is 2.35. The number of carbonyl (C=O) groups excluding carboxylic acids is 1. The Morgan fingerprint density at radius 2 is 2.10 bits per heavy atom. The van der Waals surface area contributed by atoms with Crippen LogP contribution >= 0.6 is 0 Å². The minimum Gasteiger partial charge on any atom is -0.488 e. The van der Waals surface area contributed by atoms with Crippen LogP contribution in [0.3, 0.4) is 0 Å². The third-order valence-electron chi connectivity index (χ3n) is 4.89. The minimum absolute atomic E-state index is 0.0477. The second kappa shape index (κ2) is 9.12. The molecule has 0 N–H and O–H groups in total. The van der Waals surface area contributed by atoms with Gasteiger partial charge in [-0.15, -0.1) is 0 Å². The number of hydrogen-bond donors (Lipinski definition) is 0. The van der Waals surface area contributed by atoms with Gasteiger partial charge in [-0.05, 0) is 45.7 Å². The number of aryl methyl sites for hydroxylation is 1. The molecule has 158 valence electrons. The topological polar surface area (TPSA) is 106 Å². The Bertz CT molecular complexity index is 810. The quantitative estimate of drug-likeness (QED) is 0.526. The molecule has 0 aliphatic carbocycles. The molecule has 1 amide bonds. The fourth-order valence-electron chi connectivity index (χ4n) is 3.55. The largest absolute Gasteiger partial charge is 0.488 e. The van der Waals surface area contributed by atoms with Gasteiger partial charge in [0, 0.05) is 31.5 Å². The maximum Gasteiger partial charge on any atom is 0.410 e. The molecule has 1 saturated heterocycles. The molecule has 1 aromatic carbocycles. The van der Waals surface area contributed by atoms with Crippen molar-refractivity contribution in [2.75, 3.05) is 13.1 Å². The lowest BCUT2D eigenvalue weighted by Crippen LogP contribution is -2.49. The van der Waals surface area contributed by atoms with Crippen molar-refractivity contribution in [1.82, 2.24) is 4.90 Å². The van der Waals surface area contributed by atoms with E-state index < -0.39 is 10.5 Å². The van der Waals surface area contributed by atoms with Crippen LogP contribution < -0.4 is 4.74 Å². The van der Waals surface area contributed by atoms with E-state index in [-0.39, 0.29) is 35.1 Å². The van der Waals surface area contributed by atoms with Crippen molar-refractivity contribution in [2.24, 2.45) is 5.92 Å². The molecular weight excluding hydrogens is 374 g/mol. The summed E-state index contributed by atoms with van der Waals surface area (Å²) in [4.78, 5) is 24.8. The number of nitro benzene ring substituents is 1. The monoisotopic (exact) mass is 403 g/mol. The van der Waals surface area contributed by atoms with Gasteiger partial charge in [0.1, 0.15) is 23.5 Å². The summed E-state index contributed by atoms with van der Waals surface area (Å²) in [6, 6.07) is 4.85. The van der Waals surface area contributed by atoms with E-state index in [2.05, 4.69) is 6.92 Å². The highest BCUT2D eigenvalue weighted by molar-refractivity contribution is 5.68. The molecule has 0 aromatic heterocycles. The molecule has 2 rings (SSSR count). The van der Waals surface area contributed by atoms with Crippen LogP contribution in [0.1, 0.15) is 58.1 Å². The minimum atomic E-state index is -0.570. The molecule has 1 aliphatic heterocycles. The van der Waals surface area contributed by atoms with Gasteiger partial charge in [-0.2, -0.15) is 5.26 Å². The predicted molar refractivity (Wildman–Crippen MR) is 108 cm³/mol. The summed E-state index contributed by atoms with van der Waals surface area (Å²) >= 11 is 0. The zero-order valence-corrected chi connectivity index (χ0v) is 17.7. The smallest absolute Gasteiger partial charge is 0.410 e. The van der Waals surface area contributed by atoms with Crippen LogP contribution in [-0.2, 0) is 4.74 Å². The van der Waals surface area contributed by atoms with Gasteiger partial charge in [-0.25, -0.2) is 4.79 Å². The fourth-order valence-corrected chi connectivity index (χ4v) is 3.55. The third-order valence-corrected chi connectivity index (χ3v) is 4.89. The number of piperidine rings is 1. The Balaban J connectivity index is 2.24. The number of benzene rings is 1. The number of rotatable bonds is 5. The van der Waals surface area contributed by atoms with E-state index in [9.17, 15) is 20.2 Å². The number of nitrogens with zero attached hydrogens (tertiary/aromatic N) is 3. The summed E-state index contributed by atoms with van der Waals surface area (Å²) in [5.74, 6) is 0.310. The van der Waals surface area contributed by atoms with Gasteiger partial charge in [0.15, 0.2) is 5.56 Å². The number of likely N-dealkylation sites (tertiary alicyclic amines) is 1. The van der Waals surface area contributed by atoms with Crippen LogP contribution in [0.5, 0.6) is 5.75 Å². The Labute approximate surface area is 171 Å². The fraction of sp³-hybridized carbons (Fsp3) is 0.619. The number of nitriles is 1.